The molecule has 0 bridgehead atoms. The highest BCUT2D eigenvalue weighted by Gasteiger charge is 2.49. The molecule has 1 amide bonds. The van der Waals surface area contributed by atoms with Crippen molar-refractivity contribution in [3.05, 3.63) is 0 Å². The summed E-state index contributed by atoms with van der Waals surface area (Å²) < 4.78 is 4.61. The van der Waals surface area contributed by atoms with Gasteiger partial charge in [-0.25, -0.2) is 0 Å². The number of nitrogens with two attached hydrogens (primary N) is 1. The number of nitrogens with zero attached hydrogens (tertiary/aromatic N) is 1. The minimum atomic E-state index is -0.742. The molecule has 5 nitrogen and oxygen atoms in total. The molecule has 6 heteroatoms. The number of carbonyl (C=O) groups excluding carboxylic acids is 2. The van der Waals surface area contributed by atoms with Crippen LogP contribution in [0.15, 0.2) is 0 Å². The van der Waals surface area contributed by atoms with Gasteiger partial charge in [-0.1, -0.05) is 18.6 Å². The predicted octanol–water partition coefficient (Wildman–Crippen LogP) is 0.853. The number of rotatable bonds is 5. The van der Waals surface area contributed by atoms with Crippen molar-refractivity contribution in [3.63, 3.8) is 0 Å². The predicted molar refractivity (Wildman–Crippen MR) is 71.9 cm³/mol. The molecule has 0 atom stereocenters. The lowest BCUT2D eigenvalue weighted by atomic mass is 9.67. The van der Waals surface area contributed by atoms with Crippen molar-refractivity contribution in [1.82, 2.24) is 4.90 Å². The van der Waals surface area contributed by atoms with Gasteiger partial charge in [0.05, 0.1) is 17.5 Å². The fourth-order valence-corrected chi connectivity index (χ4v) is 2.35. The summed E-state index contributed by atoms with van der Waals surface area (Å²) in [6, 6.07) is -0.0941. The maximum atomic E-state index is 12.5. The topological polar surface area (TPSA) is 72.6 Å². The smallest absolute Gasteiger partial charge is 0.325 e. The molecule has 0 aromatic heterocycles. The van der Waals surface area contributed by atoms with Crippen molar-refractivity contribution >= 4 is 29.1 Å². The number of methoxy groups -OCH3 is 1. The second kappa shape index (κ2) is 5.65. The molecular weight excluding hydrogens is 252 g/mol. The van der Waals surface area contributed by atoms with Crippen molar-refractivity contribution < 1.29 is 14.3 Å². The summed E-state index contributed by atoms with van der Waals surface area (Å²) in [5.74, 6) is -0.587. The maximum absolute atomic E-state index is 12.5. The van der Waals surface area contributed by atoms with Crippen LogP contribution in [0.5, 0.6) is 0 Å². The molecule has 18 heavy (non-hydrogen) atoms. The number of thiocarbonyl (C=S) groups is 1. The molecule has 0 heterocycles. The van der Waals surface area contributed by atoms with E-state index in [1.54, 1.807) is 0 Å². The number of esters is 1. The molecular formula is C12H20N2O3S. The minimum absolute atomic E-state index is 0.0582. The van der Waals surface area contributed by atoms with Gasteiger partial charge in [0.2, 0.25) is 5.91 Å². The fourth-order valence-electron chi connectivity index (χ4n) is 2.06. The Morgan fingerprint density at radius 2 is 2.00 bits per heavy atom. The second-order valence-electron chi connectivity index (χ2n) is 4.90. The number of hydrogen-bond donors (Lipinski definition) is 1. The van der Waals surface area contributed by atoms with Gasteiger partial charge in [0, 0.05) is 6.04 Å². The normalized spacial score (nSPS) is 16.9. The van der Waals surface area contributed by atoms with Crippen LogP contribution in [0.25, 0.3) is 0 Å². The Kier molecular flexibility index (Phi) is 4.67. The highest BCUT2D eigenvalue weighted by atomic mass is 32.1. The molecule has 0 unspecified atom stereocenters. The summed E-state index contributed by atoms with van der Waals surface area (Å²) in [6.07, 6.45) is 2.28. The zero-order chi connectivity index (χ0) is 13.9. The van der Waals surface area contributed by atoms with Crippen LogP contribution < -0.4 is 5.73 Å². The summed E-state index contributed by atoms with van der Waals surface area (Å²) >= 11 is 5.02. The Bertz CT molecular complexity index is 364. The average Bonchev–Trinajstić information content (AvgIpc) is 2.22. The Labute approximate surface area is 113 Å². The molecule has 0 aromatic rings. The molecule has 1 saturated carbocycles. The summed E-state index contributed by atoms with van der Waals surface area (Å²) in [5, 5.41) is 0. The SMILES string of the molecule is COC(=O)CN(C(=O)C1(C(N)=S)CCC1)C(C)C. The van der Waals surface area contributed by atoms with Gasteiger partial charge in [-0.3, -0.25) is 9.59 Å². The molecule has 1 rings (SSSR count). The van der Waals surface area contributed by atoms with E-state index >= 15 is 0 Å². The maximum Gasteiger partial charge on any atom is 0.325 e. The molecule has 0 saturated heterocycles. The number of amides is 1. The van der Waals surface area contributed by atoms with Gasteiger partial charge in [-0.15, -0.1) is 0 Å². The van der Waals surface area contributed by atoms with E-state index in [1.807, 2.05) is 13.8 Å². The quantitative estimate of drug-likeness (QED) is 0.593. The van der Waals surface area contributed by atoms with Gasteiger partial charge in [-0.2, -0.15) is 0 Å². The highest BCUT2D eigenvalue weighted by Crippen LogP contribution is 2.43. The van der Waals surface area contributed by atoms with E-state index in [9.17, 15) is 9.59 Å². The summed E-state index contributed by atoms with van der Waals surface area (Å²) in [5.41, 5.74) is 4.96. The van der Waals surface area contributed by atoms with Crippen LogP contribution >= 0.6 is 12.2 Å². The van der Waals surface area contributed by atoms with Crippen molar-refractivity contribution in [2.24, 2.45) is 11.1 Å². The standard InChI is InChI=1S/C12H20N2O3S/c1-8(2)14(7-9(15)17-3)11(16)12(10(13)18)5-4-6-12/h8H,4-7H2,1-3H3,(H2,13,18). The second-order valence-corrected chi connectivity index (χ2v) is 5.34. The Morgan fingerprint density at radius 1 is 1.44 bits per heavy atom. The van der Waals surface area contributed by atoms with Crippen LogP contribution in [0, 0.1) is 5.41 Å². The van der Waals surface area contributed by atoms with E-state index in [-0.39, 0.29) is 23.5 Å². The Hall–Kier alpha value is -1.17. The molecule has 1 aliphatic rings. The van der Waals surface area contributed by atoms with Gasteiger partial charge in [-0.05, 0) is 26.7 Å². The summed E-state index contributed by atoms with van der Waals surface area (Å²) in [6.45, 7) is 3.65. The molecule has 2 N–H and O–H groups in total. The molecule has 0 spiro atoms. The first kappa shape index (κ1) is 14.9. The third-order valence-corrected chi connectivity index (χ3v) is 3.89. The van der Waals surface area contributed by atoms with Crippen LogP contribution in [0.3, 0.4) is 0 Å². The van der Waals surface area contributed by atoms with Crippen LogP contribution in [-0.4, -0.2) is 41.5 Å². The van der Waals surface area contributed by atoms with Crippen LogP contribution in [0.2, 0.25) is 0 Å². The van der Waals surface area contributed by atoms with Crippen molar-refractivity contribution in [1.29, 1.82) is 0 Å². The lowest BCUT2D eigenvalue weighted by molar-refractivity contribution is -0.153. The number of carbonyl (C=O) groups is 2. The van der Waals surface area contributed by atoms with E-state index in [2.05, 4.69) is 4.74 Å². The van der Waals surface area contributed by atoms with Gasteiger partial charge >= 0.3 is 5.97 Å². The van der Waals surface area contributed by atoms with Gasteiger partial charge in [0.1, 0.15) is 6.54 Å². The molecule has 0 radical (unpaired) electrons. The number of hydrogen-bond acceptors (Lipinski definition) is 4. The first-order valence-corrected chi connectivity index (χ1v) is 6.44. The van der Waals surface area contributed by atoms with E-state index in [1.165, 1.54) is 12.0 Å². The average molecular weight is 272 g/mol. The molecule has 0 aromatic carbocycles. The monoisotopic (exact) mass is 272 g/mol. The molecule has 1 fully saturated rings. The third-order valence-electron chi connectivity index (χ3n) is 3.50. The molecule has 102 valence electrons. The van der Waals surface area contributed by atoms with Gasteiger partial charge in [0.15, 0.2) is 0 Å². The van der Waals surface area contributed by atoms with E-state index in [4.69, 9.17) is 18.0 Å². The van der Waals surface area contributed by atoms with E-state index in [0.717, 1.165) is 6.42 Å². The first-order valence-electron chi connectivity index (χ1n) is 6.03. The van der Waals surface area contributed by atoms with Crippen LogP contribution in [0.4, 0.5) is 0 Å². The van der Waals surface area contributed by atoms with E-state index in [0.29, 0.717) is 12.8 Å². The van der Waals surface area contributed by atoms with Crippen molar-refractivity contribution in [2.75, 3.05) is 13.7 Å². The minimum Gasteiger partial charge on any atom is -0.468 e. The fraction of sp³-hybridized carbons (Fsp3) is 0.750. The van der Waals surface area contributed by atoms with E-state index < -0.39 is 11.4 Å². The Morgan fingerprint density at radius 3 is 2.28 bits per heavy atom. The zero-order valence-electron chi connectivity index (χ0n) is 11.1. The van der Waals surface area contributed by atoms with Crippen molar-refractivity contribution in [2.45, 2.75) is 39.2 Å². The first-order chi connectivity index (χ1) is 8.35. The number of ether oxygens (including phenoxy) is 1. The van der Waals surface area contributed by atoms with Crippen LogP contribution in [-0.2, 0) is 14.3 Å². The van der Waals surface area contributed by atoms with Gasteiger partial charge in [0.25, 0.3) is 0 Å². The largest absolute Gasteiger partial charge is 0.468 e. The van der Waals surface area contributed by atoms with Gasteiger partial charge < -0.3 is 15.4 Å². The Balaban J connectivity index is 2.89. The summed E-state index contributed by atoms with van der Waals surface area (Å²) in [7, 11) is 1.30. The lowest BCUT2D eigenvalue weighted by Gasteiger charge is -2.43. The molecule has 0 aliphatic heterocycles. The van der Waals surface area contributed by atoms with Crippen LogP contribution in [0.1, 0.15) is 33.1 Å². The van der Waals surface area contributed by atoms with Crippen molar-refractivity contribution in [3.8, 4) is 0 Å². The summed E-state index contributed by atoms with van der Waals surface area (Å²) in [4.78, 5) is 25.6. The third kappa shape index (κ3) is 2.63. The lowest BCUT2D eigenvalue weighted by Crippen LogP contribution is -2.57. The molecule has 1 aliphatic carbocycles. The zero-order valence-corrected chi connectivity index (χ0v) is 11.9. The highest BCUT2D eigenvalue weighted by molar-refractivity contribution is 7.80.